The van der Waals surface area contributed by atoms with Gasteiger partial charge in [0, 0.05) is 24.2 Å². The summed E-state index contributed by atoms with van der Waals surface area (Å²) in [6.07, 6.45) is -0.422. The van der Waals surface area contributed by atoms with Gasteiger partial charge in [-0.25, -0.2) is 23.9 Å². The van der Waals surface area contributed by atoms with Crippen LogP contribution in [0.1, 0.15) is 25.1 Å². The molecule has 4 rings (SSSR count). The Morgan fingerprint density at radius 2 is 2.14 bits per heavy atom. The minimum absolute atomic E-state index is 0.0131. The molecule has 0 spiro atoms. The number of urea groups is 1. The van der Waals surface area contributed by atoms with E-state index in [1.54, 1.807) is 17.9 Å². The number of nitrogens with zero attached hydrogens (tertiary/aromatic N) is 4. The number of carbonyl (C=O) groups is 2. The second-order valence-electron chi connectivity index (χ2n) is 8.27. The lowest BCUT2D eigenvalue weighted by molar-refractivity contribution is 0.0980. The number of rotatable bonds is 6. The van der Waals surface area contributed by atoms with E-state index in [2.05, 4.69) is 20.5 Å². The van der Waals surface area contributed by atoms with Crippen molar-refractivity contribution in [3.63, 3.8) is 0 Å². The fraction of sp³-hybridized carbons (Fsp3) is 0.478. The Hall–Kier alpha value is -3.51. The molecule has 1 fully saturated rings. The average molecular weight is 489 g/mol. The minimum Gasteiger partial charge on any atom is -0.450 e. The number of nitrogens with one attached hydrogen (secondary N) is 2. The van der Waals surface area contributed by atoms with Crippen LogP contribution in [-0.4, -0.2) is 77.7 Å². The van der Waals surface area contributed by atoms with Crippen molar-refractivity contribution in [3.8, 4) is 11.4 Å². The summed E-state index contributed by atoms with van der Waals surface area (Å²) >= 11 is 0. The van der Waals surface area contributed by atoms with Crippen LogP contribution in [-0.2, 0) is 22.6 Å². The van der Waals surface area contributed by atoms with Gasteiger partial charge in [0.25, 0.3) is 0 Å². The number of fused-ring (bicyclic) bond motifs is 1. The van der Waals surface area contributed by atoms with Crippen molar-refractivity contribution in [3.05, 3.63) is 35.3 Å². The first-order valence-corrected chi connectivity index (χ1v) is 11.5. The van der Waals surface area contributed by atoms with Gasteiger partial charge in [-0.2, -0.15) is 0 Å². The second-order valence-corrected chi connectivity index (χ2v) is 8.27. The lowest BCUT2D eigenvalue weighted by Crippen LogP contribution is -2.44. The molecule has 12 heteroatoms. The number of ether oxygens (including phenoxy) is 2. The maximum Gasteiger partial charge on any atom is 0.410 e. The number of amides is 3. The van der Waals surface area contributed by atoms with Gasteiger partial charge in [-0.05, 0) is 32.0 Å². The highest BCUT2D eigenvalue weighted by atomic mass is 19.1. The maximum atomic E-state index is 14.8. The summed E-state index contributed by atoms with van der Waals surface area (Å²) in [7, 11) is 0. The van der Waals surface area contributed by atoms with Crippen LogP contribution in [0.25, 0.3) is 11.4 Å². The molecule has 0 radical (unpaired) electrons. The van der Waals surface area contributed by atoms with Gasteiger partial charge in [0.1, 0.15) is 11.6 Å². The van der Waals surface area contributed by atoms with Gasteiger partial charge in [-0.15, -0.1) is 0 Å². The molecule has 1 atom stereocenters. The zero-order valence-corrected chi connectivity index (χ0v) is 19.7. The Bertz CT molecular complexity index is 1100. The van der Waals surface area contributed by atoms with Crippen LogP contribution in [0, 0.1) is 5.82 Å². The molecule has 2 aliphatic heterocycles. The number of aliphatic hydroxyl groups is 1. The van der Waals surface area contributed by atoms with Gasteiger partial charge in [0.2, 0.25) is 0 Å². The Labute approximate surface area is 202 Å². The number of benzene rings is 1. The molecule has 2 aromatic rings. The summed E-state index contributed by atoms with van der Waals surface area (Å²) in [5, 5.41) is 13.6. The highest BCUT2D eigenvalue weighted by Crippen LogP contribution is 2.34. The van der Waals surface area contributed by atoms with Gasteiger partial charge in [-0.3, -0.25) is 4.90 Å². The van der Waals surface area contributed by atoms with Crippen LogP contribution in [0.15, 0.2) is 18.2 Å². The third-order valence-electron chi connectivity index (χ3n) is 5.80. The molecule has 0 aliphatic carbocycles. The summed E-state index contributed by atoms with van der Waals surface area (Å²) < 4.78 is 25.6. The standard InChI is InChI=1S/C23H29FN6O5/c1-3-35-23(33)29-11-16-19(12-29)26-20(28-21(16)30-7-9-34-13-14(30)2)15-4-5-18(17(24)10-15)27-22(32)25-6-8-31/h4-5,10,14,31H,3,6-9,11-13H2,1-2H3,(H2,25,27,32)/t14-/m0/s1. The highest BCUT2D eigenvalue weighted by molar-refractivity contribution is 5.89. The van der Waals surface area contributed by atoms with Crippen molar-refractivity contribution in [1.82, 2.24) is 20.2 Å². The van der Waals surface area contributed by atoms with E-state index in [4.69, 9.17) is 19.6 Å². The fourth-order valence-electron chi connectivity index (χ4n) is 4.08. The van der Waals surface area contributed by atoms with Crippen LogP contribution in [0.3, 0.4) is 0 Å². The minimum atomic E-state index is -0.653. The SMILES string of the molecule is CCOC(=O)N1Cc2nc(-c3ccc(NC(=O)NCCO)c(F)c3)nc(N3CCOC[C@@H]3C)c2C1. The molecule has 3 heterocycles. The number of aromatic nitrogens is 2. The summed E-state index contributed by atoms with van der Waals surface area (Å²) in [6.45, 7) is 6.21. The quantitative estimate of drug-likeness (QED) is 0.564. The van der Waals surface area contributed by atoms with Crippen LogP contribution >= 0.6 is 0 Å². The second kappa shape index (κ2) is 10.8. The Kier molecular flexibility index (Phi) is 7.61. The first-order valence-electron chi connectivity index (χ1n) is 11.5. The van der Waals surface area contributed by atoms with E-state index in [0.29, 0.717) is 49.2 Å². The van der Waals surface area contributed by atoms with Crippen molar-refractivity contribution in [2.24, 2.45) is 0 Å². The molecular weight excluding hydrogens is 459 g/mol. The lowest BCUT2D eigenvalue weighted by Gasteiger charge is -2.35. The van der Waals surface area contributed by atoms with Crippen LogP contribution in [0.4, 0.5) is 25.5 Å². The summed E-state index contributed by atoms with van der Waals surface area (Å²) in [5.74, 6) is 0.358. The van der Waals surface area contributed by atoms with Crippen molar-refractivity contribution in [2.75, 3.05) is 49.7 Å². The average Bonchev–Trinajstić information content (AvgIpc) is 3.28. The van der Waals surface area contributed by atoms with E-state index >= 15 is 0 Å². The van der Waals surface area contributed by atoms with Crippen LogP contribution in [0.5, 0.6) is 0 Å². The molecule has 35 heavy (non-hydrogen) atoms. The summed E-state index contributed by atoms with van der Waals surface area (Å²) in [4.78, 5) is 37.3. The number of hydrogen-bond donors (Lipinski definition) is 3. The number of aliphatic hydroxyl groups excluding tert-OH is 1. The number of morpholine rings is 1. The molecule has 1 saturated heterocycles. The van der Waals surface area contributed by atoms with E-state index < -0.39 is 17.9 Å². The van der Waals surface area contributed by atoms with Crippen molar-refractivity contribution in [1.29, 1.82) is 0 Å². The first kappa shape index (κ1) is 24.6. The van der Waals surface area contributed by atoms with Gasteiger partial charge in [0.05, 0.1) is 56.9 Å². The van der Waals surface area contributed by atoms with Crippen molar-refractivity contribution in [2.45, 2.75) is 33.0 Å². The number of anilines is 2. The van der Waals surface area contributed by atoms with E-state index in [9.17, 15) is 14.0 Å². The van der Waals surface area contributed by atoms with Gasteiger partial charge < -0.3 is 30.1 Å². The summed E-state index contributed by atoms with van der Waals surface area (Å²) in [5.41, 5.74) is 1.95. The third kappa shape index (κ3) is 5.43. The maximum absolute atomic E-state index is 14.8. The molecule has 0 saturated carbocycles. The molecule has 3 amide bonds. The van der Waals surface area contributed by atoms with Crippen LogP contribution < -0.4 is 15.5 Å². The van der Waals surface area contributed by atoms with E-state index in [1.165, 1.54) is 12.1 Å². The number of hydrogen-bond acceptors (Lipinski definition) is 8. The Morgan fingerprint density at radius 1 is 1.31 bits per heavy atom. The third-order valence-corrected chi connectivity index (χ3v) is 5.80. The van der Waals surface area contributed by atoms with E-state index in [0.717, 1.165) is 5.56 Å². The topological polar surface area (TPSA) is 129 Å². The monoisotopic (exact) mass is 488 g/mol. The molecule has 1 aromatic carbocycles. The van der Waals surface area contributed by atoms with Crippen molar-refractivity contribution < 1.29 is 28.6 Å². The van der Waals surface area contributed by atoms with Gasteiger partial charge in [-0.1, -0.05) is 0 Å². The molecule has 0 bridgehead atoms. The predicted molar refractivity (Wildman–Crippen MR) is 125 cm³/mol. The van der Waals surface area contributed by atoms with Crippen molar-refractivity contribution >= 4 is 23.6 Å². The normalized spacial score (nSPS) is 17.2. The molecule has 0 unspecified atom stereocenters. The Balaban J connectivity index is 1.67. The van der Waals surface area contributed by atoms with E-state index in [-0.39, 0.29) is 38.0 Å². The first-order chi connectivity index (χ1) is 16.9. The fourth-order valence-corrected chi connectivity index (χ4v) is 4.08. The summed E-state index contributed by atoms with van der Waals surface area (Å²) in [6, 6.07) is 3.75. The predicted octanol–water partition coefficient (Wildman–Crippen LogP) is 2.09. The smallest absolute Gasteiger partial charge is 0.410 e. The highest BCUT2D eigenvalue weighted by Gasteiger charge is 2.33. The lowest BCUT2D eigenvalue weighted by atomic mass is 10.1. The van der Waals surface area contributed by atoms with Crippen LogP contribution in [0.2, 0.25) is 0 Å². The van der Waals surface area contributed by atoms with E-state index in [1.807, 2.05) is 6.92 Å². The zero-order valence-electron chi connectivity index (χ0n) is 19.7. The molecule has 188 valence electrons. The number of halogens is 1. The van der Waals surface area contributed by atoms with Gasteiger partial charge >= 0.3 is 12.1 Å². The molecule has 11 nitrogen and oxygen atoms in total. The largest absolute Gasteiger partial charge is 0.450 e. The molecule has 1 aromatic heterocycles. The molecule has 3 N–H and O–H groups in total. The zero-order chi connectivity index (χ0) is 24.9. The molecule has 2 aliphatic rings. The van der Waals surface area contributed by atoms with Gasteiger partial charge in [0.15, 0.2) is 5.82 Å². The Morgan fingerprint density at radius 3 is 2.86 bits per heavy atom. The molecular formula is C23H29FN6O5. The number of carbonyl (C=O) groups excluding carboxylic acids is 2.